The predicted octanol–water partition coefficient (Wildman–Crippen LogP) is 3.69. The van der Waals surface area contributed by atoms with Crippen LogP contribution in [0.4, 0.5) is 0 Å². The molecule has 0 aliphatic carbocycles. The lowest BCUT2D eigenvalue weighted by molar-refractivity contribution is 0.0784. The smallest absolute Gasteiger partial charge is 0.184 e. The fraction of sp³-hybridized carbons (Fsp3) is 0.471. The Morgan fingerprint density at radius 1 is 1.30 bits per heavy atom. The summed E-state index contributed by atoms with van der Waals surface area (Å²) in [5.74, 6) is 0.739. The molecule has 0 bridgehead atoms. The molecule has 0 saturated heterocycles. The highest BCUT2D eigenvalue weighted by Gasteiger charge is 2.13. The quantitative estimate of drug-likeness (QED) is 0.421. The molecule has 0 unspecified atom stereocenters. The van der Waals surface area contributed by atoms with E-state index < -0.39 is 8.07 Å². The summed E-state index contributed by atoms with van der Waals surface area (Å²) < 4.78 is 7.47. The van der Waals surface area contributed by atoms with Gasteiger partial charge in [0.05, 0.1) is 0 Å². The van der Waals surface area contributed by atoms with Gasteiger partial charge in [-0.05, 0) is 47.0 Å². The van der Waals surface area contributed by atoms with E-state index in [0.717, 1.165) is 30.5 Å². The van der Waals surface area contributed by atoms with Gasteiger partial charge >= 0.3 is 0 Å². The molecule has 1 heterocycles. The maximum atomic E-state index is 5.76. The van der Waals surface area contributed by atoms with Crippen molar-refractivity contribution in [3.63, 3.8) is 0 Å². The summed E-state index contributed by atoms with van der Waals surface area (Å²) in [6.07, 6.45) is 2.75. The molecule has 2 aromatic rings. The molecule has 2 rings (SSSR count). The molecular formula is C17H26N4OSi. The number of tetrazole rings is 1. The zero-order chi connectivity index (χ0) is 16.9. The van der Waals surface area contributed by atoms with Crippen molar-refractivity contribution in [1.82, 2.24) is 20.2 Å². The van der Waals surface area contributed by atoms with Crippen molar-refractivity contribution in [2.75, 3.05) is 6.61 Å². The highest BCUT2D eigenvalue weighted by atomic mass is 28.3. The summed E-state index contributed by atoms with van der Waals surface area (Å²) in [5.41, 5.74) is 3.50. The molecule has 0 atom stereocenters. The van der Waals surface area contributed by atoms with Crippen LogP contribution in [0.5, 0.6) is 0 Å². The number of aromatic nitrogens is 4. The lowest BCUT2D eigenvalue weighted by Crippen LogP contribution is -2.22. The highest BCUT2D eigenvalue weighted by Crippen LogP contribution is 2.21. The average molecular weight is 331 g/mol. The lowest BCUT2D eigenvalue weighted by Gasteiger charge is -2.15. The van der Waals surface area contributed by atoms with Gasteiger partial charge in [0, 0.05) is 20.2 Å². The van der Waals surface area contributed by atoms with Crippen molar-refractivity contribution >= 4 is 8.07 Å². The van der Waals surface area contributed by atoms with Gasteiger partial charge in [0.1, 0.15) is 6.73 Å². The van der Waals surface area contributed by atoms with Crippen molar-refractivity contribution in [2.45, 2.75) is 45.8 Å². The maximum Gasteiger partial charge on any atom is 0.184 e. The molecule has 23 heavy (non-hydrogen) atoms. The zero-order valence-electron chi connectivity index (χ0n) is 14.5. The van der Waals surface area contributed by atoms with Crippen molar-refractivity contribution in [3.05, 3.63) is 42.0 Å². The van der Waals surface area contributed by atoms with Crippen LogP contribution in [0.1, 0.15) is 11.1 Å². The van der Waals surface area contributed by atoms with Crippen molar-refractivity contribution < 1.29 is 4.74 Å². The zero-order valence-corrected chi connectivity index (χ0v) is 15.5. The molecule has 0 fully saturated rings. The van der Waals surface area contributed by atoms with Crippen LogP contribution in [0.25, 0.3) is 11.4 Å². The fourth-order valence-electron chi connectivity index (χ4n) is 2.21. The second kappa shape index (κ2) is 7.65. The summed E-state index contributed by atoms with van der Waals surface area (Å²) in [6, 6.07) is 7.41. The molecule has 124 valence electrons. The van der Waals surface area contributed by atoms with E-state index in [-0.39, 0.29) is 0 Å². The van der Waals surface area contributed by atoms with Crippen LogP contribution in [0, 0.1) is 6.92 Å². The highest BCUT2D eigenvalue weighted by molar-refractivity contribution is 6.76. The van der Waals surface area contributed by atoms with Gasteiger partial charge in [-0.2, -0.15) is 4.68 Å². The van der Waals surface area contributed by atoms with Crippen LogP contribution in [-0.4, -0.2) is 34.9 Å². The number of ether oxygens (including phenoxy) is 1. The van der Waals surface area contributed by atoms with Crippen LogP contribution in [0.3, 0.4) is 0 Å². The summed E-state index contributed by atoms with van der Waals surface area (Å²) in [6.45, 7) is 14.1. The Morgan fingerprint density at radius 2 is 2.09 bits per heavy atom. The Morgan fingerprint density at radius 3 is 2.78 bits per heavy atom. The van der Waals surface area contributed by atoms with E-state index in [1.807, 2.05) is 12.1 Å². The average Bonchev–Trinajstić information content (AvgIpc) is 2.94. The van der Waals surface area contributed by atoms with E-state index in [2.05, 4.69) is 60.8 Å². The molecule has 0 N–H and O–H groups in total. The molecule has 0 amide bonds. The number of hydrogen-bond donors (Lipinski definition) is 0. The second-order valence-corrected chi connectivity index (χ2v) is 12.6. The van der Waals surface area contributed by atoms with Gasteiger partial charge in [-0.3, -0.25) is 0 Å². The van der Waals surface area contributed by atoms with Crippen molar-refractivity contribution in [3.8, 4) is 11.4 Å². The molecule has 0 aliphatic rings. The third-order valence-electron chi connectivity index (χ3n) is 3.71. The van der Waals surface area contributed by atoms with Crippen LogP contribution in [0.15, 0.2) is 30.9 Å². The van der Waals surface area contributed by atoms with Crippen LogP contribution < -0.4 is 0 Å². The van der Waals surface area contributed by atoms with Crippen molar-refractivity contribution in [2.24, 2.45) is 0 Å². The minimum absolute atomic E-state index is 0.386. The fourth-order valence-corrected chi connectivity index (χ4v) is 2.97. The van der Waals surface area contributed by atoms with Crippen LogP contribution in [-0.2, 0) is 17.9 Å². The Hall–Kier alpha value is -1.79. The Labute approximate surface area is 139 Å². The summed E-state index contributed by atoms with van der Waals surface area (Å²) >= 11 is 0. The normalized spacial score (nSPS) is 11.7. The van der Waals surface area contributed by atoms with Crippen molar-refractivity contribution in [1.29, 1.82) is 0 Å². The third-order valence-corrected chi connectivity index (χ3v) is 5.42. The Bertz CT molecular complexity index is 661. The molecule has 0 spiro atoms. The maximum absolute atomic E-state index is 5.76. The monoisotopic (exact) mass is 330 g/mol. The van der Waals surface area contributed by atoms with E-state index in [9.17, 15) is 0 Å². The molecule has 1 aromatic carbocycles. The number of nitrogens with zero attached hydrogens (tertiary/aromatic N) is 4. The van der Waals surface area contributed by atoms with E-state index >= 15 is 0 Å². The first-order valence-electron chi connectivity index (χ1n) is 7.95. The Kier molecular flexibility index (Phi) is 5.84. The first-order valence-corrected chi connectivity index (χ1v) is 11.7. The van der Waals surface area contributed by atoms with Gasteiger partial charge in [-0.25, -0.2) is 0 Å². The number of benzene rings is 1. The standard InChI is InChI=1S/C17H26N4OSi/c1-6-7-15-12-16(9-8-14(15)2)17-18-19-20-21(17)13-22-10-11-23(3,4)5/h6,8-9,12H,1,7,10-11,13H2,2-5H3. The van der Waals surface area contributed by atoms with E-state index in [1.165, 1.54) is 11.1 Å². The van der Waals surface area contributed by atoms with Crippen LogP contribution in [0.2, 0.25) is 25.7 Å². The summed E-state index contributed by atoms with van der Waals surface area (Å²) in [5, 5.41) is 12.0. The third kappa shape index (κ3) is 5.11. The Balaban J connectivity index is 2.08. The molecular weight excluding hydrogens is 304 g/mol. The molecule has 5 nitrogen and oxygen atoms in total. The van der Waals surface area contributed by atoms with Gasteiger partial charge in [-0.1, -0.05) is 37.8 Å². The largest absolute Gasteiger partial charge is 0.359 e. The molecule has 0 aliphatic heterocycles. The van der Waals surface area contributed by atoms with Gasteiger partial charge < -0.3 is 4.74 Å². The summed E-state index contributed by atoms with van der Waals surface area (Å²) in [4.78, 5) is 0. The van der Waals surface area contributed by atoms with Gasteiger partial charge in [0.2, 0.25) is 0 Å². The number of rotatable bonds is 8. The minimum Gasteiger partial charge on any atom is -0.359 e. The topological polar surface area (TPSA) is 52.8 Å². The lowest BCUT2D eigenvalue weighted by atomic mass is 10.0. The van der Waals surface area contributed by atoms with Crippen LogP contribution >= 0.6 is 0 Å². The number of aryl methyl sites for hydroxylation is 1. The first-order chi connectivity index (χ1) is 10.9. The van der Waals surface area contributed by atoms with Gasteiger partial charge in [0.15, 0.2) is 5.82 Å². The van der Waals surface area contributed by atoms with Gasteiger partial charge in [0.25, 0.3) is 0 Å². The number of allylic oxidation sites excluding steroid dienone is 1. The van der Waals surface area contributed by atoms with E-state index in [1.54, 1.807) is 4.68 Å². The number of hydrogen-bond acceptors (Lipinski definition) is 4. The predicted molar refractivity (Wildman–Crippen MR) is 96.0 cm³/mol. The first kappa shape index (κ1) is 17.6. The molecule has 0 radical (unpaired) electrons. The van der Waals surface area contributed by atoms with E-state index in [0.29, 0.717) is 6.73 Å². The SMILES string of the molecule is C=CCc1cc(-c2nnnn2COCC[Si](C)(C)C)ccc1C. The molecule has 6 heteroatoms. The molecule has 0 saturated carbocycles. The van der Waals surface area contributed by atoms with E-state index in [4.69, 9.17) is 4.74 Å². The minimum atomic E-state index is -1.08. The second-order valence-electron chi connectivity index (χ2n) is 6.98. The molecule has 1 aromatic heterocycles. The summed E-state index contributed by atoms with van der Waals surface area (Å²) in [7, 11) is -1.08. The van der Waals surface area contributed by atoms with Gasteiger partial charge in [-0.15, -0.1) is 11.7 Å².